The number of aliphatic imine (C=N–C) groups is 2. The topological polar surface area (TPSA) is 140 Å². The fraction of sp³-hybridized carbons (Fsp3) is 0.306. The molecule has 0 unspecified atom stereocenters. The predicted octanol–water partition coefficient (Wildman–Crippen LogP) is 6.06. The average molecular weight is 702 g/mol. The molecular formula is C36H37ClFN7O3S. The number of aryl methyl sites for hydroxylation is 1. The van der Waals surface area contributed by atoms with Crippen LogP contribution in [-0.4, -0.2) is 59.7 Å². The van der Waals surface area contributed by atoms with E-state index in [2.05, 4.69) is 34.0 Å². The highest BCUT2D eigenvalue weighted by atomic mass is 35.5. The van der Waals surface area contributed by atoms with Gasteiger partial charge in [0.1, 0.15) is 11.3 Å². The summed E-state index contributed by atoms with van der Waals surface area (Å²) in [5.41, 5.74) is 14.1. The predicted molar refractivity (Wildman–Crippen MR) is 191 cm³/mol. The van der Waals surface area contributed by atoms with E-state index in [-0.39, 0.29) is 35.2 Å². The minimum atomic E-state index is -1.02. The number of ether oxygens (including phenoxy) is 1. The molecule has 2 aliphatic heterocycles. The maximum atomic E-state index is 14.1. The van der Waals surface area contributed by atoms with E-state index < -0.39 is 17.0 Å². The van der Waals surface area contributed by atoms with Crippen molar-refractivity contribution in [2.75, 3.05) is 21.2 Å². The fourth-order valence-electron chi connectivity index (χ4n) is 6.25. The molecule has 4 heterocycles. The Kier molecular flexibility index (Phi) is 8.97. The zero-order valence-corrected chi connectivity index (χ0v) is 29.4. The molecule has 10 nitrogen and oxygen atoms in total. The van der Waals surface area contributed by atoms with Crippen molar-refractivity contribution in [3.05, 3.63) is 93.8 Å². The number of nitrogens with zero attached hydrogens (tertiary/aromatic N) is 5. The standard InChI is InChI=1S/C18H16ClFN4O.C18H21N3O2S/c1-24-16(25)18(11-5-6-11,23-17(24)21)12-4-2-3-10(7-12)14-8-13(19)9-22-15(14)20;1-11-8-14(18(2)10-15(22)21(3)17(19)20-18)24-16(11)12-6-5-7-13(9-12)23-4/h2-4,7-9,11H,5-6H2,1H3,(H2,21,23);5-9H,10H2,1-4H3,(H2,19,20)/t2*18-/m10/s1. The molecular weight excluding hydrogens is 665 g/mol. The van der Waals surface area contributed by atoms with Gasteiger partial charge >= 0.3 is 0 Å². The summed E-state index contributed by atoms with van der Waals surface area (Å²) >= 11 is 7.61. The van der Waals surface area contributed by atoms with Crippen LogP contribution in [0.4, 0.5) is 4.39 Å². The second-order valence-corrected chi connectivity index (χ2v) is 14.2. The first-order valence-corrected chi connectivity index (χ1v) is 16.9. The van der Waals surface area contributed by atoms with E-state index in [0.29, 0.717) is 22.6 Å². The largest absolute Gasteiger partial charge is 0.497 e. The Morgan fingerprint density at radius 3 is 2.33 bits per heavy atom. The van der Waals surface area contributed by atoms with E-state index in [1.165, 1.54) is 22.1 Å². The molecule has 2 amide bonds. The summed E-state index contributed by atoms with van der Waals surface area (Å²) in [7, 11) is 4.94. The van der Waals surface area contributed by atoms with E-state index in [1.807, 2.05) is 31.2 Å². The number of carbonyl (C=O) groups is 2. The summed E-state index contributed by atoms with van der Waals surface area (Å²) in [5.74, 6) is 0.639. The highest BCUT2D eigenvalue weighted by Gasteiger charge is 2.57. The summed E-state index contributed by atoms with van der Waals surface area (Å²) in [6.45, 7) is 4.04. The van der Waals surface area contributed by atoms with Crippen LogP contribution in [0.25, 0.3) is 21.6 Å². The van der Waals surface area contributed by atoms with Gasteiger partial charge in [0, 0.05) is 35.6 Å². The lowest BCUT2D eigenvalue weighted by atomic mass is 9.83. The van der Waals surface area contributed by atoms with Crippen molar-refractivity contribution in [1.29, 1.82) is 0 Å². The van der Waals surface area contributed by atoms with Gasteiger partial charge in [0.25, 0.3) is 5.91 Å². The van der Waals surface area contributed by atoms with Crippen LogP contribution in [0.15, 0.2) is 76.8 Å². The molecule has 1 saturated carbocycles. The number of pyridine rings is 1. The number of hydrogen-bond acceptors (Lipinski definition) is 9. The highest BCUT2D eigenvalue weighted by molar-refractivity contribution is 7.15. The molecule has 0 saturated heterocycles. The van der Waals surface area contributed by atoms with Crippen molar-refractivity contribution in [3.8, 4) is 27.3 Å². The molecule has 13 heteroatoms. The van der Waals surface area contributed by atoms with E-state index in [4.69, 9.17) is 27.8 Å². The molecule has 7 rings (SSSR count). The Morgan fingerprint density at radius 1 is 0.980 bits per heavy atom. The molecule has 3 aliphatic rings. The van der Waals surface area contributed by atoms with Gasteiger partial charge in [-0.2, -0.15) is 4.39 Å². The number of hydrogen-bond donors (Lipinski definition) is 2. The summed E-state index contributed by atoms with van der Waals surface area (Å²) in [4.78, 5) is 42.9. The lowest BCUT2D eigenvalue weighted by Gasteiger charge is -2.32. The lowest BCUT2D eigenvalue weighted by Crippen LogP contribution is -2.47. The van der Waals surface area contributed by atoms with Crippen molar-refractivity contribution in [2.45, 2.75) is 44.2 Å². The van der Waals surface area contributed by atoms with Crippen LogP contribution in [0.2, 0.25) is 5.02 Å². The second kappa shape index (κ2) is 12.9. The minimum Gasteiger partial charge on any atom is -0.497 e. The fourth-order valence-corrected chi connectivity index (χ4v) is 7.67. The Balaban J connectivity index is 0.000000170. The van der Waals surface area contributed by atoms with Crippen molar-refractivity contribution in [2.24, 2.45) is 27.4 Å². The van der Waals surface area contributed by atoms with Gasteiger partial charge in [-0.1, -0.05) is 41.9 Å². The number of amides is 2. The van der Waals surface area contributed by atoms with Crippen LogP contribution < -0.4 is 16.2 Å². The van der Waals surface area contributed by atoms with Crippen LogP contribution in [-0.2, 0) is 20.7 Å². The Labute approximate surface area is 293 Å². The van der Waals surface area contributed by atoms with E-state index >= 15 is 0 Å². The van der Waals surface area contributed by atoms with Crippen molar-refractivity contribution < 1.29 is 18.7 Å². The summed E-state index contributed by atoms with van der Waals surface area (Å²) < 4.78 is 19.5. The molecule has 4 N–H and O–H groups in total. The number of benzene rings is 2. The number of likely N-dealkylation sites (N-methyl/N-ethyl adjacent to an activating group) is 1. The van der Waals surface area contributed by atoms with E-state index in [1.54, 1.807) is 50.7 Å². The quantitative estimate of drug-likeness (QED) is 0.235. The number of halogens is 2. The molecule has 0 radical (unpaired) electrons. The normalized spacial score (nSPS) is 22.0. The van der Waals surface area contributed by atoms with Crippen LogP contribution >= 0.6 is 22.9 Å². The van der Waals surface area contributed by atoms with Gasteiger partial charge in [0.15, 0.2) is 17.5 Å². The third-order valence-electron chi connectivity index (χ3n) is 9.21. The smallest absolute Gasteiger partial charge is 0.261 e. The number of thiophene rings is 1. The summed E-state index contributed by atoms with van der Waals surface area (Å²) in [6, 6.07) is 18.8. The first-order chi connectivity index (χ1) is 23.3. The minimum absolute atomic E-state index is 0.0148. The molecule has 49 heavy (non-hydrogen) atoms. The Morgan fingerprint density at radius 2 is 1.67 bits per heavy atom. The SMILES string of the molecule is CN1C(=O)[C@](c2cccc(-c3cc(Cl)cnc3F)c2)(C2CC2)N=C1N.COc1cccc(-c2sc([C@]3(C)CC(=O)N(C)C(N)=N3)cc2C)c1. The van der Waals surface area contributed by atoms with Crippen LogP contribution in [0.1, 0.15) is 42.2 Å². The second-order valence-electron chi connectivity index (χ2n) is 12.7. The van der Waals surface area contributed by atoms with E-state index in [9.17, 15) is 14.0 Å². The van der Waals surface area contributed by atoms with Gasteiger partial charge in [0.2, 0.25) is 11.9 Å². The molecule has 1 aliphatic carbocycles. The first-order valence-electron chi connectivity index (χ1n) is 15.7. The van der Waals surface area contributed by atoms with Gasteiger partial charge in [0.05, 0.1) is 18.6 Å². The van der Waals surface area contributed by atoms with Crippen molar-refractivity contribution >= 4 is 46.7 Å². The van der Waals surface area contributed by atoms with Gasteiger partial charge in [-0.05, 0) is 85.2 Å². The third kappa shape index (κ3) is 6.26. The maximum absolute atomic E-state index is 14.1. The Bertz CT molecular complexity index is 2030. The molecule has 2 aromatic heterocycles. The third-order valence-corrected chi connectivity index (χ3v) is 11.0. The maximum Gasteiger partial charge on any atom is 0.261 e. The average Bonchev–Trinajstić information content (AvgIpc) is 3.82. The zero-order valence-electron chi connectivity index (χ0n) is 27.8. The summed E-state index contributed by atoms with van der Waals surface area (Å²) in [5, 5.41) is 0.345. The van der Waals surface area contributed by atoms with Gasteiger partial charge in [-0.15, -0.1) is 11.3 Å². The molecule has 1 fully saturated rings. The van der Waals surface area contributed by atoms with Gasteiger partial charge in [-0.25, -0.2) is 15.0 Å². The highest BCUT2D eigenvalue weighted by Crippen LogP contribution is 2.52. The molecule has 2 atom stereocenters. The number of aromatic nitrogens is 1. The van der Waals surface area contributed by atoms with Crippen LogP contribution in [0, 0.1) is 18.8 Å². The number of rotatable bonds is 6. The van der Waals surface area contributed by atoms with E-state index in [0.717, 1.165) is 39.5 Å². The number of carbonyl (C=O) groups excluding carboxylic acids is 2. The zero-order chi connectivity index (χ0) is 35.2. The Hall–Kier alpha value is -4.81. The molecule has 254 valence electrons. The molecule has 0 spiro atoms. The molecule has 2 aromatic carbocycles. The number of nitrogens with two attached hydrogens (primary N) is 2. The summed E-state index contributed by atoms with van der Waals surface area (Å²) in [6.07, 6.45) is 3.40. The first kappa shape index (κ1) is 34.1. The number of methoxy groups -OCH3 is 1. The van der Waals surface area contributed by atoms with Crippen molar-refractivity contribution in [3.63, 3.8) is 0 Å². The molecule has 4 aromatic rings. The lowest BCUT2D eigenvalue weighted by molar-refractivity contribution is -0.131. The number of guanidine groups is 2. The van der Waals surface area contributed by atoms with Gasteiger partial charge in [-0.3, -0.25) is 19.4 Å². The monoisotopic (exact) mass is 701 g/mol. The van der Waals surface area contributed by atoms with Gasteiger partial charge < -0.3 is 16.2 Å². The molecule has 0 bridgehead atoms. The van der Waals surface area contributed by atoms with Crippen LogP contribution in [0.3, 0.4) is 0 Å². The van der Waals surface area contributed by atoms with Crippen molar-refractivity contribution in [1.82, 2.24) is 14.8 Å². The van der Waals surface area contributed by atoms with Crippen LogP contribution in [0.5, 0.6) is 5.75 Å².